The van der Waals surface area contributed by atoms with Crippen LogP contribution < -0.4 is 0 Å². The van der Waals surface area contributed by atoms with Crippen LogP contribution >= 0.6 is 0 Å². The van der Waals surface area contributed by atoms with Crippen LogP contribution in [0, 0.1) is 0 Å². The van der Waals surface area contributed by atoms with Gasteiger partial charge in [0.1, 0.15) is 0 Å². The third-order valence-corrected chi connectivity index (χ3v) is 3.41. The summed E-state index contributed by atoms with van der Waals surface area (Å²) in [5.74, 6) is 0.788. The normalized spacial score (nSPS) is 26.8. The van der Waals surface area contributed by atoms with E-state index in [1.807, 2.05) is 12.5 Å². The molecule has 1 aromatic heterocycles. The van der Waals surface area contributed by atoms with Gasteiger partial charge in [-0.3, -0.25) is 0 Å². The molecule has 0 N–H and O–H groups in total. The lowest BCUT2D eigenvalue weighted by atomic mass is 10.1. The summed E-state index contributed by atoms with van der Waals surface area (Å²) in [6.45, 7) is 1.95. The van der Waals surface area contributed by atoms with Gasteiger partial charge in [0.2, 0.25) is 0 Å². The summed E-state index contributed by atoms with van der Waals surface area (Å²) in [5, 5.41) is 0. The van der Waals surface area contributed by atoms with E-state index in [2.05, 4.69) is 9.55 Å². The molecule has 0 amide bonds. The topological polar surface area (TPSA) is 27.1 Å². The van der Waals surface area contributed by atoms with Crippen molar-refractivity contribution in [1.82, 2.24) is 9.55 Å². The van der Waals surface area contributed by atoms with Crippen molar-refractivity contribution in [3.8, 4) is 0 Å². The minimum absolute atomic E-state index is 0.422. The van der Waals surface area contributed by atoms with Crippen LogP contribution in [-0.4, -0.2) is 22.3 Å². The van der Waals surface area contributed by atoms with Crippen molar-refractivity contribution in [2.45, 2.75) is 50.7 Å². The van der Waals surface area contributed by atoms with Crippen molar-refractivity contribution < 1.29 is 4.74 Å². The van der Waals surface area contributed by atoms with Crippen LogP contribution in [-0.2, 0) is 11.3 Å². The average Bonchev–Trinajstić information content (AvgIpc) is 3.02. The zero-order valence-electron chi connectivity index (χ0n) is 9.06. The van der Waals surface area contributed by atoms with Gasteiger partial charge in [0, 0.05) is 24.4 Å². The number of aromatic nitrogens is 2. The summed E-state index contributed by atoms with van der Waals surface area (Å²) < 4.78 is 8.06. The summed E-state index contributed by atoms with van der Waals surface area (Å²) in [7, 11) is 0. The van der Waals surface area contributed by atoms with Crippen molar-refractivity contribution >= 4 is 0 Å². The highest BCUT2D eigenvalue weighted by Gasteiger charge is 2.27. The lowest BCUT2D eigenvalue weighted by Gasteiger charge is -2.23. The van der Waals surface area contributed by atoms with Crippen LogP contribution in [0.3, 0.4) is 0 Å². The molecule has 15 heavy (non-hydrogen) atoms. The molecular formula is C12H18N2O. The monoisotopic (exact) mass is 206 g/mol. The van der Waals surface area contributed by atoms with Crippen LogP contribution in [0.2, 0.25) is 0 Å². The maximum atomic E-state index is 5.76. The van der Waals surface area contributed by atoms with E-state index < -0.39 is 0 Å². The number of hydrogen-bond donors (Lipinski definition) is 0. The summed E-state index contributed by atoms with van der Waals surface area (Å²) in [6.07, 6.45) is 10.9. The van der Waals surface area contributed by atoms with Gasteiger partial charge in [-0.05, 0) is 32.1 Å². The molecule has 1 atom stereocenters. The van der Waals surface area contributed by atoms with Crippen LogP contribution in [0.4, 0.5) is 0 Å². The lowest BCUT2D eigenvalue weighted by Crippen LogP contribution is -2.24. The zero-order valence-corrected chi connectivity index (χ0v) is 9.06. The second kappa shape index (κ2) is 3.97. The third kappa shape index (κ3) is 2.07. The van der Waals surface area contributed by atoms with E-state index in [1.165, 1.54) is 37.8 Å². The maximum Gasteiger partial charge on any atom is 0.0949 e. The molecule has 0 aromatic carbocycles. The molecule has 1 saturated heterocycles. The predicted octanol–water partition coefficient (Wildman–Crippen LogP) is 2.33. The minimum atomic E-state index is 0.422. The van der Waals surface area contributed by atoms with Gasteiger partial charge >= 0.3 is 0 Å². The van der Waals surface area contributed by atoms with Crippen molar-refractivity contribution in [3.05, 3.63) is 18.2 Å². The van der Waals surface area contributed by atoms with Gasteiger partial charge in [-0.15, -0.1) is 0 Å². The standard InChI is InChI=1S/C12H18N2O/c1-2-6-15-11(3-1)8-14-9-13-7-12(14)10-4-5-10/h7,9-11H,1-6,8H2. The Kier molecular flexibility index (Phi) is 2.49. The van der Waals surface area contributed by atoms with E-state index >= 15 is 0 Å². The molecule has 2 aliphatic rings. The van der Waals surface area contributed by atoms with Crippen LogP contribution in [0.1, 0.15) is 43.7 Å². The molecule has 1 saturated carbocycles. The Labute approximate surface area is 90.5 Å². The molecular weight excluding hydrogens is 188 g/mol. The summed E-state index contributed by atoms with van der Waals surface area (Å²) in [6, 6.07) is 0. The van der Waals surface area contributed by atoms with Crippen LogP contribution in [0.25, 0.3) is 0 Å². The number of rotatable bonds is 3. The Balaban J connectivity index is 1.67. The third-order valence-electron chi connectivity index (χ3n) is 3.41. The molecule has 1 aliphatic carbocycles. The molecule has 2 heterocycles. The molecule has 0 radical (unpaired) electrons. The Morgan fingerprint density at radius 1 is 1.33 bits per heavy atom. The van der Waals surface area contributed by atoms with Crippen molar-refractivity contribution in [1.29, 1.82) is 0 Å². The highest BCUT2D eigenvalue weighted by Crippen LogP contribution is 2.39. The van der Waals surface area contributed by atoms with Crippen molar-refractivity contribution in [2.24, 2.45) is 0 Å². The Morgan fingerprint density at radius 3 is 3.00 bits per heavy atom. The SMILES string of the molecule is c1ncn(CC2CCCCO2)c1C1CC1. The number of hydrogen-bond acceptors (Lipinski definition) is 2. The summed E-state index contributed by atoms with van der Waals surface area (Å²) in [4.78, 5) is 4.26. The van der Waals surface area contributed by atoms with Gasteiger partial charge in [-0.25, -0.2) is 4.98 Å². The first-order chi connectivity index (χ1) is 7.43. The highest BCUT2D eigenvalue weighted by molar-refractivity contribution is 5.12. The van der Waals surface area contributed by atoms with E-state index in [9.17, 15) is 0 Å². The first-order valence-electron chi connectivity index (χ1n) is 6.05. The van der Waals surface area contributed by atoms with Crippen LogP contribution in [0.15, 0.2) is 12.5 Å². The Bertz CT molecular complexity index is 324. The van der Waals surface area contributed by atoms with E-state index in [1.54, 1.807) is 0 Å². The van der Waals surface area contributed by atoms with Crippen molar-refractivity contribution in [2.75, 3.05) is 6.61 Å². The smallest absolute Gasteiger partial charge is 0.0949 e. The van der Waals surface area contributed by atoms with E-state index in [0.717, 1.165) is 19.1 Å². The summed E-state index contributed by atoms with van der Waals surface area (Å²) >= 11 is 0. The molecule has 1 unspecified atom stereocenters. The second-order valence-corrected chi connectivity index (χ2v) is 4.73. The number of nitrogens with zero attached hydrogens (tertiary/aromatic N) is 2. The molecule has 3 heteroatoms. The number of ether oxygens (including phenoxy) is 1. The van der Waals surface area contributed by atoms with Gasteiger partial charge in [0.05, 0.1) is 19.0 Å². The quantitative estimate of drug-likeness (QED) is 0.759. The summed E-state index contributed by atoms with van der Waals surface area (Å²) in [5.41, 5.74) is 1.42. The highest BCUT2D eigenvalue weighted by atomic mass is 16.5. The van der Waals surface area contributed by atoms with Gasteiger partial charge < -0.3 is 9.30 Å². The molecule has 0 spiro atoms. The van der Waals surface area contributed by atoms with E-state index in [4.69, 9.17) is 4.74 Å². The zero-order chi connectivity index (χ0) is 10.1. The predicted molar refractivity (Wildman–Crippen MR) is 57.8 cm³/mol. The fourth-order valence-corrected chi connectivity index (χ4v) is 2.37. The Hall–Kier alpha value is -0.830. The molecule has 0 bridgehead atoms. The largest absolute Gasteiger partial charge is 0.376 e. The van der Waals surface area contributed by atoms with E-state index in [-0.39, 0.29) is 0 Å². The minimum Gasteiger partial charge on any atom is -0.376 e. The van der Waals surface area contributed by atoms with Gasteiger partial charge in [0.25, 0.3) is 0 Å². The van der Waals surface area contributed by atoms with Gasteiger partial charge in [0.15, 0.2) is 0 Å². The first-order valence-corrected chi connectivity index (χ1v) is 6.05. The van der Waals surface area contributed by atoms with Gasteiger partial charge in [-0.1, -0.05) is 0 Å². The fourth-order valence-electron chi connectivity index (χ4n) is 2.37. The first kappa shape index (κ1) is 9.40. The molecule has 1 aromatic rings. The van der Waals surface area contributed by atoms with Crippen molar-refractivity contribution in [3.63, 3.8) is 0 Å². The molecule has 1 aliphatic heterocycles. The fraction of sp³-hybridized carbons (Fsp3) is 0.750. The van der Waals surface area contributed by atoms with E-state index in [0.29, 0.717) is 6.10 Å². The van der Waals surface area contributed by atoms with Gasteiger partial charge in [-0.2, -0.15) is 0 Å². The lowest BCUT2D eigenvalue weighted by molar-refractivity contribution is 0.00557. The molecule has 3 rings (SSSR count). The average molecular weight is 206 g/mol. The second-order valence-electron chi connectivity index (χ2n) is 4.73. The Morgan fingerprint density at radius 2 is 2.27 bits per heavy atom. The maximum absolute atomic E-state index is 5.76. The molecule has 2 fully saturated rings. The molecule has 82 valence electrons. The van der Waals surface area contributed by atoms with Crippen LogP contribution in [0.5, 0.6) is 0 Å². The number of imidazole rings is 1. The molecule has 3 nitrogen and oxygen atoms in total.